The molecule has 0 aromatic heterocycles. The number of benzene rings is 2. The van der Waals surface area contributed by atoms with Gasteiger partial charge in [-0.3, -0.25) is 0 Å². The molecule has 0 spiro atoms. The van der Waals surface area contributed by atoms with Crippen molar-refractivity contribution in [1.82, 2.24) is 0 Å². The number of hydrogen-bond acceptors (Lipinski definition) is 3. The molecule has 0 radical (unpaired) electrons. The van der Waals surface area contributed by atoms with Gasteiger partial charge in [-0.2, -0.15) is 13.8 Å². The van der Waals surface area contributed by atoms with Gasteiger partial charge < -0.3 is 14.8 Å². The predicted molar refractivity (Wildman–Crippen MR) is 106 cm³/mol. The van der Waals surface area contributed by atoms with Crippen LogP contribution in [0.2, 0.25) is 5.02 Å². The summed E-state index contributed by atoms with van der Waals surface area (Å²) < 4.78 is 36.5. The summed E-state index contributed by atoms with van der Waals surface area (Å²) in [5.74, 6) is -0.121. The van der Waals surface area contributed by atoms with E-state index in [0.29, 0.717) is 16.3 Å². The molecule has 10 heteroatoms. The Morgan fingerprint density at radius 2 is 1.82 bits per heavy atom. The van der Waals surface area contributed by atoms with Crippen LogP contribution in [0.4, 0.5) is 19.3 Å². The Balaban J connectivity index is 2.11. The summed E-state index contributed by atoms with van der Waals surface area (Å²) >= 11 is 16.4. The van der Waals surface area contributed by atoms with E-state index in [1.54, 1.807) is 31.2 Å². The van der Waals surface area contributed by atoms with Gasteiger partial charge in [0.05, 0.1) is 17.2 Å². The molecule has 5 nitrogen and oxygen atoms in total. The van der Waals surface area contributed by atoms with Crippen LogP contribution < -0.4 is 10.1 Å². The Bertz CT molecular complexity index is 846. The van der Waals surface area contributed by atoms with E-state index in [0.717, 1.165) is 0 Å². The maximum Gasteiger partial charge on any atom is 0.428 e. The molecule has 0 unspecified atom stereocenters. The smallest absolute Gasteiger partial charge is 0.428 e. The lowest BCUT2D eigenvalue weighted by Gasteiger charge is -2.18. The number of ether oxygens (including phenoxy) is 2. The van der Waals surface area contributed by atoms with Crippen LogP contribution in [0.3, 0.4) is 0 Å². The van der Waals surface area contributed by atoms with Gasteiger partial charge in [0.15, 0.2) is 0 Å². The van der Waals surface area contributed by atoms with E-state index in [-0.39, 0.29) is 18.3 Å². The first-order valence-electron chi connectivity index (χ1n) is 7.95. The van der Waals surface area contributed by atoms with E-state index in [1.165, 1.54) is 24.3 Å². The third-order valence-electron chi connectivity index (χ3n) is 3.20. The third kappa shape index (κ3) is 6.22. The SMILES string of the molecule is CCOC(=NC(=O)Nc1ccc(OC(F)(F)C(Cl)Cl)cc1)c1ccccc1Cl. The number of aliphatic imine (C=N–C) groups is 1. The highest BCUT2D eigenvalue weighted by Crippen LogP contribution is 2.30. The molecule has 150 valence electrons. The van der Waals surface area contributed by atoms with E-state index >= 15 is 0 Å². The van der Waals surface area contributed by atoms with Gasteiger partial charge in [0.2, 0.25) is 10.7 Å². The largest absolute Gasteiger partial charge is 0.477 e. The Kier molecular flexibility index (Phi) is 7.86. The normalized spacial score (nSPS) is 12.0. The molecule has 0 saturated heterocycles. The predicted octanol–water partition coefficient (Wildman–Crippen LogP) is 6.13. The van der Waals surface area contributed by atoms with Crippen LogP contribution in [-0.2, 0) is 4.74 Å². The summed E-state index contributed by atoms with van der Waals surface area (Å²) in [6, 6.07) is 11.2. The first kappa shape index (κ1) is 22.2. The van der Waals surface area contributed by atoms with Gasteiger partial charge >= 0.3 is 12.1 Å². The van der Waals surface area contributed by atoms with Crippen molar-refractivity contribution in [1.29, 1.82) is 0 Å². The minimum absolute atomic E-state index is 0.0560. The quantitative estimate of drug-likeness (QED) is 0.326. The highest BCUT2D eigenvalue weighted by molar-refractivity contribution is 6.44. The van der Waals surface area contributed by atoms with Crippen molar-refractivity contribution in [3.8, 4) is 5.75 Å². The fraction of sp³-hybridized carbons (Fsp3) is 0.222. The zero-order valence-corrected chi connectivity index (χ0v) is 16.7. The lowest BCUT2D eigenvalue weighted by Crippen LogP contribution is -2.32. The molecule has 2 aromatic rings. The lowest BCUT2D eigenvalue weighted by molar-refractivity contribution is -0.163. The minimum Gasteiger partial charge on any atom is -0.477 e. The van der Waals surface area contributed by atoms with Crippen molar-refractivity contribution >= 4 is 52.4 Å². The Hall–Kier alpha value is -2.09. The van der Waals surface area contributed by atoms with Crippen molar-refractivity contribution in [3.05, 3.63) is 59.1 Å². The number of anilines is 1. The molecule has 2 aromatic carbocycles. The zero-order valence-electron chi connectivity index (χ0n) is 14.5. The lowest BCUT2D eigenvalue weighted by atomic mass is 10.2. The van der Waals surface area contributed by atoms with Gasteiger partial charge in [0, 0.05) is 5.69 Å². The van der Waals surface area contributed by atoms with E-state index < -0.39 is 17.0 Å². The van der Waals surface area contributed by atoms with Crippen molar-refractivity contribution in [3.63, 3.8) is 0 Å². The second-order valence-corrected chi connectivity index (χ2v) is 6.75. The fourth-order valence-electron chi connectivity index (χ4n) is 1.99. The summed E-state index contributed by atoms with van der Waals surface area (Å²) in [5.41, 5.74) is 0.761. The standard InChI is InChI=1S/C18H15Cl3F2N2O3/c1-2-27-15(13-5-3-4-6-14(13)19)25-17(26)24-11-7-9-12(10-8-11)28-18(22,23)16(20)21/h3-10,16H,2H2,1H3,(H,24,26). The van der Waals surface area contributed by atoms with Crippen molar-refractivity contribution < 1.29 is 23.0 Å². The fourth-order valence-corrected chi connectivity index (χ4v) is 2.30. The first-order chi connectivity index (χ1) is 13.2. The van der Waals surface area contributed by atoms with Gasteiger partial charge in [-0.15, -0.1) is 0 Å². The van der Waals surface area contributed by atoms with Crippen LogP contribution in [0.15, 0.2) is 53.5 Å². The molecule has 0 aliphatic rings. The summed E-state index contributed by atoms with van der Waals surface area (Å²) in [5, 5.41) is 2.86. The molecule has 2 rings (SSSR count). The zero-order chi connectivity index (χ0) is 20.7. The number of amides is 2. The van der Waals surface area contributed by atoms with Gasteiger partial charge in [0.25, 0.3) is 0 Å². The van der Waals surface area contributed by atoms with Crippen molar-refractivity contribution in [2.45, 2.75) is 17.9 Å². The maximum atomic E-state index is 13.4. The number of carbonyl (C=O) groups is 1. The molecule has 0 saturated carbocycles. The van der Waals surface area contributed by atoms with Crippen LogP contribution in [-0.4, -0.2) is 29.5 Å². The van der Waals surface area contributed by atoms with Gasteiger partial charge in [-0.1, -0.05) is 46.9 Å². The molecule has 0 aliphatic carbocycles. The number of hydrogen-bond donors (Lipinski definition) is 1. The van der Waals surface area contributed by atoms with Crippen LogP contribution >= 0.6 is 34.8 Å². The van der Waals surface area contributed by atoms with Crippen LogP contribution in [0.25, 0.3) is 0 Å². The Morgan fingerprint density at radius 3 is 2.39 bits per heavy atom. The summed E-state index contributed by atoms with van der Waals surface area (Å²) in [7, 11) is 0. The van der Waals surface area contributed by atoms with E-state index in [9.17, 15) is 13.6 Å². The molecular formula is C18H15Cl3F2N2O3. The molecule has 0 atom stereocenters. The number of alkyl halides is 4. The topological polar surface area (TPSA) is 59.9 Å². The van der Waals surface area contributed by atoms with Crippen LogP contribution in [0.1, 0.15) is 12.5 Å². The summed E-state index contributed by atoms with van der Waals surface area (Å²) in [4.78, 5) is 14.0. The second kappa shape index (κ2) is 9.91. The number of rotatable bonds is 6. The average molecular weight is 452 g/mol. The minimum atomic E-state index is -3.75. The number of carbonyl (C=O) groups excluding carboxylic acids is 1. The molecular weight excluding hydrogens is 437 g/mol. The van der Waals surface area contributed by atoms with Gasteiger partial charge in [-0.05, 0) is 43.3 Å². The molecule has 0 heterocycles. The highest BCUT2D eigenvalue weighted by Gasteiger charge is 2.40. The van der Waals surface area contributed by atoms with Crippen LogP contribution in [0.5, 0.6) is 5.75 Å². The number of halogens is 5. The molecule has 28 heavy (non-hydrogen) atoms. The third-order valence-corrected chi connectivity index (χ3v) is 4.04. The second-order valence-electron chi connectivity index (χ2n) is 5.25. The van der Waals surface area contributed by atoms with Crippen molar-refractivity contribution in [2.24, 2.45) is 4.99 Å². The van der Waals surface area contributed by atoms with Gasteiger partial charge in [-0.25, -0.2) is 4.79 Å². The first-order valence-corrected chi connectivity index (χ1v) is 9.20. The number of nitrogens with zero attached hydrogens (tertiary/aromatic N) is 1. The molecule has 0 aliphatic heterocycles. The number of urea groups is 1. The molecule has 0 bridgehead atoms. The Morgan fingerprint density at radius 1 is 1.18 bits per heavy atom. The average Bonchev–Trinajstić information content (AvgIpc) is 2.63. The van der Waals surface area contributed by atoms with Crippen molar-refractivity contribution in [2.75, 3.05) is 11.9 Å². The maximum absolute atomic E-state index is 13.4. The summed E-state index contributed by atoms with van der Waals surface area (Å²) in [6.07, 6.45) is -3.75. The van der Waals surface area contributed by atoms with E-state index in [2.05, 4.69) is 15.0 Å². The molecule has 0 fully saturated rings. The number of nitrogens with one attached hydrogen (secondary N) is 1. The highest BCUT2D eigenvalue weighted by atomic mass is 35.5. The van der Waals surface area contributed by atoms with E-state index in [1.807, 2.05) is 0 Å². The Labute approximate surface area is 175 Å². The summed E-state index contributed by atoms with van der Waals surface area (Å²) in [6.45, 7) is 2.02. The molecule has 2 amide bonds. The van der Waals surface area contributed by atoms with E-state index in [4.69, 9.17) is 39.5 Å². The van der Waals surface area contributed by atoms with Gasteiger partial charge in [0.1, 0.15) is 5.75 Å². The monoisotopic (exact) mass is 450 g/mol. The molecule has 1 N–H and O–H groups in total. The van der Waals surface area contributed by atoms with Crippen LogP contribution in [0, 0.1) is 0 Å².